The standard InChI is InChI=1S/C23H31N3O2/c1-3-24-23(25-16-13-19-9-7-8-12-22(19)27-2)26-17-14-21(15-18-26)28-20-10-5-4-6-11-20/h4-12,21H,3,13-18H2,1-2H3,(H,24,25). The molecule has 0 bridgehead atoms. The lowest BCUT2D eigenvalue weighted by Gasteiger charge is -2.34. The van der Waals surface area contributed by atoms with Crippen LogP contribution in [0.5, 0.6) is 11.5 Å². The maximum absolute atomic E-state index is 6.11. The van der Waals surface area contributed by atoms with Gasteiger partial charge in [0.15, 0.2) is 5.96 Å². The van der Waals surface area contributed by atoms with E-state index >= 15 is 0 Å². The quantitative estimate of drug-likeness (QED) is 0.586. The van der Waals surface area contributed by atoms with Gasteiger partial charge in [-0.3, -0.25) is 4.99 Å². The van der Waals surface area contributed by atoms with Gasteiger partial charge in [0.2, 0.25) is 0 Å². The topological polar surface area (TPSA) is 46.1 Å². The fourth-order valence-electron chi connectivity index (χ4n) is 3.49. The molecule has 0 aliphatic carbocycles. The second-order valence-corrected chi connectivity index (χ2v) is 6.91. The highest BCUT2D eigenvalue weighted by molar-refractivity contribution is 5.80. The van der Waals surface area contributed by atoms with E-state index in [0.29, 0.717) is 0 Å². The molecule has 0 amide bonds. The number of benzene rings is 2. The summed E-state index contributed by atoms with van der Waals surface area (Å²) in [5.74, 6) is 2.88. The van der Waals surface area contributed by atoms with Gasteiger partial charge in [-0.2, -0.15) is 0 Å². The van der Waals surface area contributed by atoms with Crippen molar-refractivity contribution in [2.75, 3.05) is 33.3 Å². The zero-order valence-electron chi connectivity index (χ0n) is 16.9. The van der Waals surface area contributed by atoms with Crippen LogP contribution in [0.25, 0.3) is 0 Å². The van der Waals surface area contributed by atoms with E-state index in [0.717, 1.165) is 62.9 Å². The van der Waals surface area contributed by atoms with E-state index in [-0.39, 0.29) is 6.10 Å². The Morgan fingerprint density at radius 2 is 1.79 bits per heavy atom. The van der Waals surface area contributed by atoms with Crippen LogP contribution in [0, 0.1) is 0 Å². The number of hydrogen-bond donors (Lipinski definition) is 1. The molecule has 28 heavy (non-hydrogen) atoms. The largest absolute Gasteiger partial charge is 0.496 e. The minimum atomic E-state index is 0.273. The van der Waals surface area contributed by atoms with Gasteiger partial charge in [-0.05, 0) is 37.1 Å². The van der Waals surface area contributed by atoms with Gasteiger partial charge in [-0.25, -0.2) is 0 Å². The third kappa shape index (κ3) is 5.65. The number of nitrogens with zero attached hydrogens (tertiary/aromatic N) is 2. The molecule has 5 nitrogen and oxygen atoms in total. The van der Waals surface area contributed by atoms with Gasteiger partial charge in [0.25, 0.3) is 0 Å². The number of guanidine groups is 1. The van der Waals surface area contributed by atoms with Crippen molar-refractivity contribution in [1.82, 2.24) is 10.2 Å². The third-order valence-corrected chi connectivity index (χ3v) is 4.96. The number of rotatable bonds is 7. The van der Waals surface area contributed by atoms with Crippen LogP contribution in [0.15, 0.2) is 59.6 Å². The van der Waals surface area contributed by atoms with Gasteiger partial charge in [0, 0.05) is 39.0 Å². The molecule has 0 aromatic heterocycles. The summed E-state index contributed by atoms with van der Waals surface area (Å²) < 4.78 is 11.5. The van der Waals surface area contributed by atoms with E-state index in [1.165, 1.54) is 5.56 Å². The summed E-state index contributed by atoms with van der Waals surface area (Å²) in [6, 6.07) is 18.2. The predicted molar refractivity (Wildman–Crippen MR) is 114 cm³/mol. The Kier molecular flexibility index (Phi) is 7.59. The smallest absolute Gasteiger partial charge is 0.193 e. The van der Waals surface area contributed by atoms with Gasteiger partial charge in [-0.1, -0.05) is 36.4 Å². The molecule has 3 rings (SSSR count). The van der Waals surface area contributed by atoms with E-state index < -0.39 is 0 Å². The zero-order chi connectivity index (χ0) is 19.6. The number of hydrogen-bond acceptors (Lipinski definition) is 3. The van der Waals surface area contributed by atoms with Crippen LogP contribution in [0.2, 0.25) is 0 Å². The number of ether oxygens (including phenoxy) is 2. The number of aliphatic imine (C=N–C) groups is 1. The molecule has 1 fully saturated rings. The summed E-state index contributed by atoms with van der Waals surface area (Å²) in [6.45, 7) is 5.63. The van der Waals surface area contributed by atoms with Gasteiger partial charge in [0.1, 0.15) is 17.6 Å². The van der Waals surface area contributed by atoms with Crippen molar-refractivity contribution in [3.05, 3.63) is 60.2 Å². The molecule has 1 saturated heterocycles. The summed E-state index contributed by atoms with van der Waals surface area (Å²) in [6.07, 6.45) is 3.15. The first-order valence-electron chi connectivity index (χ1n) is 10.2. The van der Waals surface area contributed by atoms with Crippen LogP contribution >= 0.6 is 0 Å². The molecule has 150 valence electrons. The van der Waals surface area contributed by atoms with Crippen LogP contribution in [0.1, 0.15) is 25.3 Å². The number of methoxy groups -OCH3 is 1. The second-order valence-electron chi connectivity index (χ2n) is 6.91. The van der Waals surface area contributed by atoms with Crippen LogP contribution in [-0.4, -0.2) is 50.3 Å². The monoisotopic (exact) mass is 381 g/mol. The van der Waals surface area contributed by atoms with E-state index in [4.69, 9.17) is 14.5 Å². The SMILES string of the molecule is CCNC(=NCCc1ccccc1OC)N1CCC(Oc2ccccc2)CC1. The lowest BCUT2D eigenvalue weighted by atomic mass is 10.1. The predicted octanol–water partition coefficient (Wildman–Crippen LogP) is 3.75. The summed E-state index contributed by atoms with van der Waals surface area (Å²) >= 11 is 0. The highest BCUT2D eigenvalue weighted by atomic mass is 16.5. The lowest BCUT2D eigenvalue weighted by Crippen LogP contribution is -2.47. The Labute approximate surface area is 168 Å². The van der Waals surface area contributed by atoms with Crippen molar-refractivity contribution in [3.8, 4) is 11.5 Å². The van der Waals surface area contributed by atoms with E-state index in [1.54, 1.807) is 7.11 Å². The van der Waals surface area contributed by atoms with Gasteiger partial charge < -0.3 is 19.7 Å². The molecule has 1 aliphatic rings. The van der Waals surface area contributed by atoms with Gasteiger partial charge in [0.05, 0.1) is 7.11 Å². The van der Waals surface area contributed by atoms with Crippen molar-refractivity contribution in [1.29, 1.82) is 0 Å². The molecule has 0 spiro atoms. The maximum Gasteiger partial charge on any atom is 0.193 e. The fourth-order valence-corrected chi connectivity index (χ4v) is 3.49. The molecule has 0 saturated carbocycles. The summed E-state index contributed by atoms with van der Waals surface area (Å²) in [4.78, 5) is 7.20. The van der Waals surface area contributed by atoms with Crippen LogP contribution in [0.4, 0.5) is 0 Å². The number of piperidine rings is 1. The Balaban J connectivity index is 1.53. The first kappa shape index (κ1) is 20.1. The molecule has 1 heterocycles. The Morgan fingerprint density at radius 3 is 2.50 bits per heavy atom. The summed E-state index contributed by atoms with van der Waals surface area (Å²) in [7, 11) is 1.72. The van der Waals surface area contributed by atoms with Crippen LogP contribution in [-0.2, 0) is 6.42 Å². The Bertz CT molecular complexity index is 741. The van der Waals surface area contributed by atoms with Crippen molar-refractivity contribution < 1.29 is 9.47 Å². The van der Waals surface area contributed by atoms with Gasteiger partial charge in [-0.15, -0.1) is 0 Å². The summed E-state index contributed by atoms with van der Waals surface area (Å²) in [5, 5.41) is 3.44. The average Bonchev–Trinajstić information content (AvgIpc) is 2.75. The number of nitrogens with one attached hydrogen (secondary N) is 1. The van der Waals surface area contributed by atoms with Crippen LogP contribution in [0.3, 0.4) is 0 Å². The molecule has 1 N–H and O–H groups in total. The molecule has 1 aliphatic heterocycles. The highest BCUT2D eigenvalue weighted by Crippen LogP contribution is 2.19. The Hall–Kier alpha value is -2.69. The Morgan fingerprint density at radius 1 is 1.07 bits per heavy atom. The number of para-hydroxylation sites is 2. The molecule has 0 unspecified atom stereocenters. The minimum absolute atomic E-state index is 0.273. The van der Waals surface area contributed by atoms with E-state index in [2.05, 4.69) is 23.2 Å². The first-order valence-corrected chi connectivity index (χ1v) is 10.2. The summed E-state index contributed by atoms with van der Waals surface area (Å²) in [5.41, 5.74) is 1.19. The average molecular weight is 382 g/mol. The third-order valence-electron chi connectivity index (χ3n) is 4.96. The fraction of sp³-hybridized carbons (Fsp3) is 0.435. The van der Waals surface area contributed by atoms with Gasteiger partial charge >= 0.3 is 0 Å². The molecule has 0 radical (unpaired) electrons. The molecule has 2 aromatic carbocycles. The zero-order valence-corrected chi connectivity index (χ0v) is 16.9. The molecule has 2 aromatic rings. The normalized spacial score (nSPS) is 15.4. The number of likely N-dealkylation sites (tertiary alicyclic amines) is 1. The minimum Gasteiger partial charge on any atom is -0.496 e. The molecule has 0 atom stereocenters. The van der Waals surface area contributed by atoms with E-state index in [1.807, 2.05) is 48.5 Å². The lowest BCUT2D eigenvalue weighted by molar-refractivity contribution is 0.129. The molecular formula is C23H31N3O2. The van der Waals surface area contributed by atoms with Crippen molar-refractivity contribution in [3.63, 3.8) is 0 Å². The van der Waals surface area contributed by atoms with Crippen LogP contribution < -0.4 is 14.8 Å². The van der Waals surface area contributed by atoms with Crippen molar-refractivity contribution >= 4 is 5.96 Å². The first-order chi connectivity index (χ1) is 13.8. The van der Waals surface area contributed by atoms with Crippen molar-refractivity contribution in [2.45, 2.75) is 32.3 Å². The maximum atomic E-state index is 6.11. The second kappa shape index (κ2) is 10.6. The van der Waals surface area contributed by atoms with Crippen molar-refractivity contribution in [2.24, 2.45) is 4.99 Å². The highest BCUT2D eigenvalue weighted by Gasteiger charge is 2.22. The molecular weight excluding hydrogens is 350 g/mol. The molecule has 5 heteroatoms. The van der Waals surface area contributed by atoms with E-state index in [9.17, 15) is 0 Å².